The van der Waals surface area contributed by atoms with E-state index in [1.165, 1.54) is 0 Å². The van der Waals surface area contributed by atoms with E-state index < -0.39 is 5.92 Å². The maximum absolute atomic E-state index is 13.4. The third-order valence-electron chi connectivity index (χ3n) is 7.12. The van der Waals surface area contributed by atoms with Gasteiger partial charge >= 0.3 is 0 Å². The lowest BCUT2D eigenvalue weighted by atomic mass is 9.75. The Morgan fingerprint density at radius 2 is 2.00 bits per heavy atom. The van der Waals surface area contributed by atoms with Gasteiger partial charge < -0.3 is 15.2 Å². The van der Waals surface area contributed by atoms with Crippen LogP contribution in [0.4, 0.5) is 5.69 Å². The van der Waals surface area contributed by atoms with Gasteiger partial charge in [-0.05, 0) is 48.7 Å². The molecule has 1 aliphatic carbocycles. The zero-order valence-corrected chi connectivity index (χ0v) is 21.1. The molecule has 1 atom stereocenters. The number of carbonyl (C=O) groups is 1. The third kappa shape index (κ3) is 4.48. The minimum absolute atomic E-state index is 0.0547. The number of anilines is 1. The number of allylic oxidation sites excluding steroid dienone is 3. The van der Waals surface area contributed by atoms with Crippen molar-refractivity contribution >= 4 is 23.1 Å². The number of methoxy groups -OCH3 is 1. The molecule has 0 saturated carbocycles. The molecule has 0 radical (unpaired) electrons. The number of ether oxygens (including phenoxy) is 2. The Morgan fingerprint density at radius 3 is 2.72 bits per heavy atom. The summed E-state index contributed by atoms with van der Waals surface area (Å²) in [6.07, 6.45) is 1.88. The fraction of sp³-hybridized carbons (Fsp3) is 0.357. The zero-order valence-electron chi connectivity index (χ0n) is 20.3. The van der Waals surface area contributed by atoms with Crippen LogP contribution >= 0.6 is 11.6 Å². The molecule has 3 aliphatic rings. The van der Waals surface area contributed by atoms with Crippen molar-refractivity contribution in [3.63, 3.8) is 0 Å². The second kappa shape index (κ2) is 10.4. The molecule has 0 amide bonds. The van der Waals surface area contributed by atoms with Crippen molar-refractivity contribution in [3.8, 4) is 11.8 Å². The Labute approximate surface area is 216 Å². The average molecular weight is 505 g/mol. The summed E-state index contributed by atoms with van der Waals surface area (Å²) in [5.41, 5.74) is 11.2. The molecule has 36 heavy (non-hydrogen) atoms. The van der Waals surface area contributed by atoms with Crippen LogP contribution in [0.1, 0.15) is 36.3 Å². The van der Waals surface area contributed by atoms with Gasteiger partial charge in [-0.3, -0.25) is 14.6 Å². The normalized spacial score (nSPS) is 20.9. The number of nitrogens with zero attached hydrogens (tertiary/aromatic N) is 3. The summed E-state index contributed by atoms with van der Waals surface area (Å²) in [6, 6.07) is 15.6. The van der Waals surface area contributed by atoms with Crippen molar-refractivity contribution in [2.24, 2.45) is 5.73 Å². The molecule has 2 heterocycles. The molecule has 0 spiro atoms. The lowest BCUT2D eigenvalue weighted by molar-refractivity contribution is -0.116. The second-order valence-corrected chi connectivity index (χ2v) is 9.69. The Hall–Kier alpha value is -3.31. The highest BCUT2D eigenvalue weighted by Crippen LogP contribution is 2.47. The van der Waals surface area contributed by atoms with Gasteiger partial charge in [0, 0.05) is 53.6 Å². The average Bonchev–Trinajstić information content (AvgIpc) is 2.89. The van der Waals surface area contributed by atoms with Gasteiger partial charge in [-0.2, -0.15) is 5.26 Å². The molecular weight excluding hydrogens is 476 g/mol. The molecule has 1 fully saturated rings. The van der Waals surface area contributed by atoms with Crippen LogP contribution in [0.15, 0.2) is 65.1 Å². The van der Waals surface area contributed by atoms with Gasteiger partial charge in [-0.25, -0.2) is 0 Å². The molecule has 0 aromatic heterocycles. The fourth-order valence-corrected chi connectivity index (χ4v) is 5.62. The Kier molecular flexibility index (Phi) is 7.01. The highest BCUT2D eigenvalue weighted by molar-refractivity contribution is 6.30. The number of Topliss-reactive ketones (excluding diaryl/α,β-unsaturated/α-hetero) is 1. The Bertz CT molecular complexity index is 1290. The first-order valence-electron chi connectivity index (χ1n) is 12.2. The van der Waals surface area contributed by atoms with Gasteiger partial charge in [-0.1, -0.05) is 23.7 Å². The molecule has 2 aromatic carbocycles. The quantitative estimate of drug-likeness (QED) is 0.641. The minimum atomic E-state index is -0.525. The first-order chi connectivity index (χ1) is 17.5. The summed E-state index contributed by atoms with van der Waals surface area (Å²) in [6.45, 7) is 3.78. The van der Waals surface area contributed by atoms with Gasteiger partial charge in [-0.15, -0.1) is 0 Å². The summed E-state index contributed by atoms with van der Waals surface area (Å²) >= 11 is 6.28. The Balaban J connectivity index is 1.63. The molecule has 2 aliphatic heterocycles. The van der Waals surface area contributed by atoms with Crippen molar-refractivity contribution in [3.05, 3.63) is 81.3 Å². The molecule has 2 aromatic rings. The molecule has 5 rings (SSSR count). The van der Waals surface area contributed by atoms with Gasteiger partial charge in [0.15, 0.2) is 5.78 Å². The van der Waals surface area contributed by atoms with Gasteiger partial charge in [0.05, 0.1) is 37.9 Å². The number of hydrogen-bond donors (Lipinski definition) is 1. The molecule has 8 heteroatoms. The number of nitrogens with two attached hydrogens (primary N) is 1. The largest absolute Gasteiger partial charge is 0.496 e. The number of ketones is 1. The topological polar surface area (TPSA) is 91.8 Å². The summed E-state index contributed by atoms with van der Waals surface area (Å²) < 4.78 is 11.2. The highest BCUT2D eigenvalue weighted by Gasteiger charge is 2.40. The van der Waals surface area contributed by atoms with Crippen LogP contribution in [0.3, 0.4) is 0 Å². The van der Waals surface area contributed by atoms with E-state index in [1.807, 2.05) is 29.2 Å². The van der Waals surface area contributed by atoms with Gasteiger partial charge in [0.2, 0.25) is 0 Å². The molecule has 0 bridgehead atoms. The van der Waals surface area contributed by atoms with Crippen molar-refractivity contribution in [1.82, 2.24) is 4.90 Å². The summed E-state index contributed by atoms with van der Waals surface area (Å²) in [5.74, 6) is 0.645. The van der Waals surface area contributed by atoms with Crippen molar-refractivity contribution in [2.75, 3.05) is 38.3 Å². The van der Waals surface area contributed by atoms with Crippen molar-refractivity contribution < 1.29 is 14.3 Å². The SMILES string of the molecule is COc1ccc(C2C(C#N)=C(N)N(c3cccc(Cl)c3)C3=C2C(=O)CCC3)cc1CN1CCOCC1. The van der Waals surface area contributed by atoms with Crippen LogP contribution in [-0.4, -0.2) is 44.1 Å². The van der Waals surface area contributed by atoms with Crippen LogP contribution in [0, 0.1) is 11.3 Å². The maximum Gasteiger partial charge on any atom is 0.161 e. The van der Waals surface area contributed by atoms with E-state index in [2.05, 4.69) is 17.0 Å². The number of carbonyl (C=O) groups excluding carboxylic acids is 1. The second-order valence-electron chi connectivity index (χ2n) is 9.26. The predicted molar refractivity (Wildman–Crippen MR) is 138 cm³/mol. The van der Waals surface area contributed by atoms with Crippen molar-refractivity contribution in [1.29, 1.82) is 5.26 Å². The first kappa shape index (κ1) is 24.4. The number of hydrogen-bond acceptors (Lipinski definition) is 7. The van der Waals surface area contributed by atoms with Gasteiger partial charge in [0.1, 0.15) is 11.6 Å². The van der Waals surface area contributed by atoms with Crippen molar-refractivity contribution in [2.45, 2.75) is 31.7 Å². The highest BCUT2D eigenvalue weighted by atomic mass is 35.5. The summed E-state index contributed by atoms with van der Waals surface area (Å²) in [4.78, 5) is 17.6. The molecule has 2 N–H and O–H groups in total. The van der Waals surface area contributed by atoms with E-state index in [1.54, 1.807) is 19.2 Å². The predicted octanol–water partition coefficient (Wildman–Crippen LogP) is 4.49. The van der Waals surface area contributed by atoms with Crippen LogP contribution in [0.5, 0.6) is 5.75 Å². The van der Waals surface area contributed by atoms with Gasteiger partial charge in [0.25, 0.3) is 0 Å². The van der Waals surface area contributed by atoms with E-state index in [9.17, 15) is 10.1 Å². The fourth-order valence-electron chi connectivity index (χ4n) is 5.43. The number of morpholine rings is 1. The number of benzene rings is 2. The van der Waals surface area contributed by atoms with Crippen LogP contribution in [0.2, 0.25) is 5.02 Å². The standard InChI is InChI=1S/C28H29ClN4O3/c1-35-25-9-8-18(14-19(25)17-32-10-12-36-13-11-32)26-22(16-30)28(31)33(21-5-2-4-20(29)15-21)23-6-3-7-24(34)27(23)26/h2,4-5,8-9,14-15,26H,3,6-7,10-13,17,31H2,1H3. The molecule has 186 valence electrons. The zero-order chi connectivity index (χ0) is 25.2. The minimum Gasteiger partial charge on any atom is -0.496 e. The lowest BCUT2D eigenvalue weighted by Crippen LogP contribution is -2.38. The third-order valence-corrected chi connectivity index (χ3v) is 7.35. The number of halogens is 1. The van der Waals surface area contributed by atoms with E-state index in [0.29, 0.717) is 54.6 Å². The maximum atomic E-state index is 13.4. The van der Waals surface area contributed by atoms with Crippen LogP contribution in [0.25, 0.3) is 0 Å². The van der Waals surface area contributed by atoms with Crippen LogP contribution in [-0.2, 0) is 16.1 Å². The Morgan fingerprint density at radius 1 is 1.19 bits per heavy atom. The number of rotatable bonds is 5. The lowest BCUT2D eigenvalue weighted by Gasteiger charge is -2.39. The molecule has 7 nitrogen and oxygen atoms in total. The summed E-state index contributed by atoms with van der Waals surface area (Å²) in [7, 11) is 1.66. The van der Waals surface area contributed by atoms with E-state index in [4.69, 9.17) is 26.8 Å². The molecule has 1 unspecified atom stereocenters. The molecular formula is C28H29ClN4O3. The van der Waals surface area contributed by atoms with Crippen LogP contribution < -0.4 is 15.4 Å². The van der Waals surface area contributed by atoms with E-state index in [0.717, 1.165) is 47.8 Å². The summed E-state index contributed by atoms with van der Waals surface area (Å²) in [5, 5.41) is 10.9. The monoisotopic (exact) mass is 504 g/mol. The molecule has 1 saturated heterocycles. The first-order valence-corrected chi connectivity index (χ1v) is 12.6. The number of nitriles is 1. The van der Waals surface area contributed by atoms with E-state index >= 15 is 0 Å². The smallest absolute Gasteiger partial charge is 0.161 e. The van der Waals surface area contributed by atoms with E-state index in [-0.39, 0.29) is 5.78 Å².